The number of carbonyl (C=O) groups is 1. The number of hydrogen-bond donors (Lipinski definition) is 1. The van der Waals surface area contributed by atoms with E-state index in [-0.39, 0.29) is 6.03 Å². The third-order valence-electron chi connectivity index (χ3n) is 5.83. The van der Waals surface area contributed by atoms with E-state index in [0.29, 0.717) is 13.1 Å². The summed E-state index contributed by atoms with van der Waals surface area (Å²) in [4.78, 5) is 28.7. The molecule has 160 valence electrons. The standard InChI is InChI=1S/C23H32N6O/c1-17-13-18(2)15-20(14-17)25-23(30)29-11-9-28(10-12-29)22-24-19(3)16-21(26-22)27-7-5-4-6-8-27/h13-16H,4-12H2,1-3H3,(H,25,30). The third kappa shape index (κ3) is 4.83. The van der Waals surface area contributed by atoms with E-state index in [1.54, 1.807) is 0 Å². The molecule has 2 aromatic rings. The summed E-state index contributed by atoms with van der Waals surface area (Å²) in [5.41, 5.74) is 4.15. The molecule has 0 radical (unpaired) electrons. The van der Waals surface area contributed by atoms with Gasteiger partial charge in [-0.2, -0.15) is 4.98 Å². The second-order valence-corrected chi connectivity index (χ2v) is 8.50. The van der Waals surface area contributed by atoms with Gasteiger partial charge in [0.05, 0.1) is 0 Å². The third-order valence-corrected chi connectivity index (χ3v) is 5.83. The second kappa shape index (κ2) is 8.90. The maximum Gasteiger partial charge on any atom is 0.321 e. The lowest BCUT2D eigenvalue weighted by atomic mass is 10.1. The zero-order chi connectivity index (χ0) is 21.1. The number of amides is 2. The van der Waals surface area contributed by atoms with Gasteiger partial charge < -0.3 is 20.0 Å². The van der Waals surface area contributed by atoms with Crippen LogP contribution in [-0.4, -0.2) is 60.2 Å². The molecule has 2 saturated heterocycles. The van der Waals surface area contributed by atoms with E-state index in [4.69, 9.17) is 4.98 Å². The smallest absolute Gasteiger partial charge is 0.321 e. The maximum absolute atomic E-state index is 12.7. The number of carbonyl (C=O) groups excluding carboxylic acids is 1. The van der Waals surface area contributed by atoms with Crippen molar-refractivity contribution >= 4 is 23.5 Å². The van der Waals surface area contributed by atoms with E-state index in [1.165, 1.54) is 19.3 Å². The predicted molar refractivity (Wildman–Crippen MR) is 122 cm³/mol. The first-order valence-electron chi connectivity index (χ1n) is 11.0. The predicted octanol–water partition coefficient (Wildman–Crippen LogP) is 3.75. The van der Waals surface area contributed by atoms with E-state index in [0.717, 1.165) is 60.5 Å². The lowest BCUT2D eigenvalue weighted by Gasteiger charge is -2.35. The Labute approximate surface area is 179 Å². The Morgan fingerprint density at radius 3 is 2.13 bits per heavy atom. The highest BCUT2D eigenvalue weighted by molar-refractivity contribution is 5.89. The van der Waals surface area contributed by atoms with Gasteiger partial charge in [0.1, 0.15) is 5.82 Å². The number of urea groups is 1. The Morgan fingerprint density at radius 2 is 1.47 bits per heavy atom. The average molecular weight is 409 g/mol. The van der Waals surface area contributed by atoms with E-state index < -0.39 is 0 Å². The molecule has 0 unspecified atom stereocenters. The second-order valence-electron chi connectivity index (χ2n) is 8.50. The van der Waals surface area contributed by atoms with Crippen LogP contribution in [0.1, 0.15) is 36.1 Å². The summed E-state index contributed by atoms with van der Waals surface area (Å²) in [6, 6.07) is 8.16. The number of nitrogens with zero attached hydrogens (tertiary/aromatic N) is 5. The summed E-state index contributed by atoms with van der Waals surface area (Å²) in [5.74, 6) is 1.82. The number of aryl methyl sites for hydroxylation is 3. The molecule has 4 rings (SSSR count). The van der Waals surface area contributed by atoms with Gasteiger partial charge in [0.2, 0.25) is 5.95 Å². The molecule has 1 N–H and O–H groups in total. The molecule has 0 atom stereocenters. The van der Waals surface area contributed by atoms with Gasteiger partial charge in [0, 0.05) is 56.7 Å². The largest absolute Gasteiger partial charge is 0.356 e. The number of hydrogen-bond acceptors (Lipinski definition) is 5. The molecular weight excluding hydrogens is 376 g/mol. The molecule has 2 aliphatic heterocycles. The maximum atomic E-state index is 12.7. The fourth-order valence-electron chi connectivity index (χ4n) is 4.32. The van der Waals surface area contributed by atoms with Crippen molar-refractivity contribution in [2.45, 2.75) is 40.0 Å². The zero-order valence-corrected chi connectivity index (χ0v) is 18.3. The summed E-state index contributed by atoms with van der Waals surface area (Å²) in [6.07, 6.45) is 3.76. The van der Waals surface area contributed by atoms with Crippen molar-refractivity contribution in [3.63, 3.8) is 0 Å². The molecule has 7 heteroatoms. The number of benzene rings is 1. The van der Waals surface area contributed by atoms with Crippen molar-refractivity contribution in [2.75, 3.05) is 54.4 Å². The van der Waals surface area contributed by atoms with Gasteiger partial charge in [-0.05, 0) is 63.3 Å². The van der Waals surface area contributed by atoms with Gasteiger partial charge in [0.25, 0.3) is 0 Å². The van der Waals surface area contributed by atoms with Gasteiger partial charge >= 0.3 is 6.03 Å². The number of nitrogens with one attached hydrogen (secondary N) is 1. The average Bonchev–Trinajstić information content (AvgIpc) is 2.73. The van der Waals surface area contributed by atoms with Crippen LogP contribution in [0.4, 0.5) is 22.2 Å². The number of anilines is 3. The first-order valence-corrected chi connectivity index (χ1v) is 11.0. The molecule has 30 heavy (non-hydrogen) atoms. The Kier molecular flexibility index (Phi) is 6.06. The van der Waals surface area contributed by atoms with Crippen molar-refractivity contribution in [1.82, 2.24) is 14.9 Å². The molecule has 0 bridgehead atoms. The molecule has 0 saturated carbocycles. The Hall–Kier alpha value is -2.83. The van der Waals surface area contributed by atoms with Crippen molar-refractivity contribution in [2.24, 2.45) is 0 Å². The van der Waals surface area contributed by atoms with Crippen molar-refractivity contribution in [1.29, 1.82) is 0 Å². The molecule has 2 fully saturated rings. The van der Waals surface area contributed by atoms with Gasteiger partial charge in [-0.1, -0.05) is 6.07 Å². The van der Waals surface area contributed by atoms with Crippen molar-refractivity contribution in [3.8, 4) is 0 Å². The molecular formula is C23H32N6O. The normalized spacial score (nSPS) is 17.2. The van der Waals surface area contributed by atoms with Gasteiger partial charge in [-0.3, -0.25) is 0 Å². The lowest BCUT2D eigenvalue weighted by Crippen LogP contribution is -2.50. The molecule has 0 aliphatic carbocycles. The molecule has 2 amide bonds. The number of rotatable bonds is 3. The Bertz CT molecular complexity index is 880. The summed E-state index contributed by atoms with van der Waals surface area (Å²) >= 11 is 0. The molecule has 7 nitrogen and oxygen atoms in total. The highest BCUT2D eigenvalue weighted by atomic mass is 16.2. The lowest BCUT2D eigenvalue weighted by molar-refractivity contribution is 0.208. The highest BCUT2D eigenvalue weighted by Crippen LogP contribution is 2.22. The molecule has 0 spiro atoms. The van der Waals surface area contributed by atoms with Crippen LogP contribution in [0.2, 0.25) is 0 Å². The fraction of sp³-hybridized carbons (Fsp3) is 0.522. The van der Waals surface area contributed by atoms with E-state index >= 15 is 0 Å². The fourth-order valence-corrected chi connectivity index (χ4v) is 4.32. The number of aromatic nitrogens is 2. The minimum atomic E-state index is -0.0428. The van der Waals surface area contributed by atoms with Gasteiger partial charge in [-0.25, -0.2) is 9.78 Å². The van der Waals surface area contributed by atoms with E-state index in [9.17, 15) is 4.79 Å². The van der Waals surface area contributed by atoms with Crippen LogP contribution in [-0.2, 0) is 0 Å². The monoisotopic (exact) mass is 408 g/mol. The SMILES string of the molecule is Cc1cc(C)cc(NC(=O)N2CCN(c3nc(C)cc(N4CCCCC4)n3)CC2)c1. The summed E-state index contributed by atoms with van der Waals surface area (Å²) < 4.78 is 0. The van der Waals surface area contributed by atoms with Crippen LogP contribution in [0.25, 0.3) is 0 Å². The summed E-state index contributed by atoms with van der Waals surface area (Å²) in [5, 5.41) is 3.04. The van der Waals surface area contributed by atoms with Crippen LogP contribution in [0.3, 0.4) is 0 Å². The Morgan fingerprint density at radius 1 is 0.800 bits per heavy atom. The van der Waals surface area contributed by atoms with Crippen LogP contribution >= 0.6 is 0 Å². The molecule has 1 aromatic heterocycles. The number of piperidine rings is 1. The molecule has 1 aromatic carbocycles. The van der Waals surface area contributed by atoms with E-state index in [2.05, 4.69) is 32.2 Å². The van der Waals surface area contributed by atoms with Crippen molar-refractivity contribution < 1.29 is 4.79 Å². The van der Waals surface area contributed by atoms with Crippen LogP contribution < -0.4 is 15.1 Å². The molecule has 3 heterocycles. The summed E-state index contributed by atoms with van der Waals surface area (Å²) in [6.45, 7) is 11.1. The molecule has 2 aliphatic rings. The topological polar surface area (TPSA) is 64.6 Å². The quantitative estimate of drug-likeness (QED) is 0.838. The van der Waals surface area contributed by atoms with Crippen LogP contribution in [0, 0.1) is 20.8 Å². The van der Waals surface area contributed by atoms with Crippen LogP contribution in [0.5, 0.6) is 0 Å². The first kappa shape index (κ1) is 20.4. The minimum Gasteiger partial charge on any atom is -0.356 e. The summed E-state index contributed by atoms with van der Waals surface area (Å²) in [7, 11) is 0. The van der Waals surface area contributed by atoms with Gasteiger partial charge in [0.15, 0.2) is 0 Å². The van der Waals surface area contributed by atoms with E-state index in [1.807, 2.05) is 37.8 Å². The first-order chi connectivity index (χ1) is 14.5. The zero-order valence-electron chi connectivity index (χ0n) is 18.3. The Balaban J connectivity index is 1.38. The van der Waals surface area contributed by atoms with Crippen LogP contribution in [0.15, 0.2) is 24.3 Å². The number of piperazine rings is 1. The van der Waals surface area contributed by atoms with Crippen molar-refractivity contribution in [3.05, 3.63) is 41.1 Å². The minimum absolute atomic E-state index is 0.0428. The highest BCUT2D eigenvalue weighted by Gasteiger charge is 2.24. The van der Waals surface area contributed by atoms with Gasteiger partial charge in [-0.15, -0.1) is 0 Å².